The van der Waals surface area contributed by atoms with Crippen LogP contribution in [0, 0.1) is 0 Å². The van der Waals surface area contributed by atoms with Crippen LogP contribution in [0.15, 0.2) is 58.0 Å². The third-order valence-electron chi connectivity index (χ3n) is 4.13. The molecule has 2 aromatic heterocycles. The Labute approximate surface area is 136 Å². The number of para-hydroxylation sites is 1. The summed E-state index contributed by atoms with van der Waals surface area (Å²) in [6, 6.07) is 10.6. The van der Waals surface area contributed by atoms with E-state index in [0.717, 1.165) is 0 Å². The minimum atomic E-state index is -0.956. The van der Waals surface area contributed by atoms with Crippen LogP contribution in [0.4, 0.5) is 0 Å². The number of hydrogen-bond donors (Lipinski definition) is 0. The number of hydrogen-bond acceptors (Lipinski definition) is 6. The fraction of sp³-hybridized carbons (Fsp3) is 0.167. The smallest absolute Gasteiger partial charge is 0.348 e. The van der Waals surface area contributed by atoms with Gasteiger partial charge in [-0.15, -0.1) is 0 Å². The molecular formula is C18H13NO5. The predicted molar refractivity (Wildman–Crippen MR) is 85.0 cm³/mol. The van der Waals surface area contributed by atoms with Crippen molar-refractivity contribution in [1.29, 1.82) is 0 Å². The van der Waals surface area contributed by atoms with Crippen molar-refractivity contribution in [1.82, 2.24) is 4.98 Å². The number of esters is 1. The van der Waals surface area contributed by atoms with E-state index in [1.165, 1.54) is 7.11 Å². The number of aromatic nitrogens is 1. The highest BCUT2D eigenvalue weighted by Crippen LogP contribution is 2.44. The molecule has 4 rings (SSSR count). The lowest BCUT2D eigenvalue weighted by Crippen LogP contribution is -2.31. The highest BCUT2D eigenvalue weighted by atomic mass is 16.6. The van der Waals surface area contributed by atoms with Crippen molar-refractivity contribution < 1.29 is 18.7 Å². The maximum Gasteiger partial charge on any atom is 0.348 e. The summed E-state index contributed by atoms with van der Waals surface area (Å²) >= 11 is 0. The molecule has 0 N–H and O–H groups in total. The van der Waals surface area contributed by atoms with Crippen LogP contribution in [0.1, 0.15) is 17.0 Å². The zero-order valence-corrected chi connectivity index (χ0v) is 12.8. The van der Waals surface area contributed by atoms with Gasteiger partial charge in [0.1, 0.15) is 11.3 Å². The van der Waals surface area contributed by atoms with E-state index in [4.69, 9.17) is 13.9 Å². The first-order valence-corrected chi connectivity index (χ1v) is 7.41. The zero-order chi connectivity index (χ0) is 16.7. The van der Waals surface area contributed by atoms with Crippen LogP contribution in [-0.4, -0.2) is 24.2 Å². The van der Waals surface area contributed by atoms with E-state index in [2.05, 4.69) is 4.98 Å². The van der Waals surface area contributed by atoms with E-state index in [1.54, 1.807) is 42.7 Å². The van der Waals surface area contributed by atoms with Crippen molar-refractivity contribution in [3.05, 3.63) is 70.3 Å². The quantitative estimate of drug-likeness (QED) is 0.532. The average molecular weight is 323 g/mol. The van der Waals surface area contributed by atoms with Crippen molar-refractivity contribution >= 4 is 16.9 Å². The summed E-state index contributed by atoms with van der Waals surface area (Å²) in [5.41, 5.74) is 0.895. The highest BCUT2D eigenvalue weighted by molar-refractivity contribution is 5.88. The van der Waals surface area contributed by atoms with E-state index in [1.807, 2.05) is 6.07 Å². The Balaban J connectivity index is 2.00. The van der Waals surface area contributed by atoms with E-state index in [0.29, 0.717) is 27.8 Å². The average Bonchev–Trinajstić information content (AvgIpc) is 3.03. The van der Waals surface area contributed by atoms with E-state index in [9.17, 15) is 9.59 Å². The number of benzene rings is 1. The summed E-state index contributed by atoms with van der Waals surface area (Å²) in [6.45, 7) is 0. The number of carbonyl (C=O) groups excluding carboxylic acids is 1. The van der Waals surface area contributed by atoms with Gasteiger partial charge in [-0.1, -0.05) is 18.2 Å². The molecule has 1 aliphatic rings. The van der Waals surface area contributed by atoms with Crippen LogP contribution in [0.2, 0.25) is 0 Å². The molecule has 1 aromatic carbocycles. The summed E-state index contributed by atoms with van der Waals surface area (Å²) in [4.78, 5) is 28.8. The first-order chi connectivity index (χ1) is 11.7. The van der Waals surface area contributed by atoms with Gasteiger partial charge in [-0.05, 0) is 23.8 Å². The number of methoxy groups -OCH3 is 1. The summed E-state index contributed by atoms with van der Waals surface area (Å²) < 4.78 is 16.1. The number of fused-ring (bicyclic) bond motifs is 3. The standard InChI is InChI=1S/C18H13NO5/c1-22-18(21)16-13(10-5-4-8-19-9-10)14-15(24-16)11-6-2-3-7-12(11)23-17(14)20/h2-9,13,16H,1H3/t13-,16+/m0/s1. The van der Waals surface area contributed by atoms with Gasteiger partial charge in [-0.2, -0.15) is 0 Å². The summed E-state index contributed by atoms with van der Waals surface area (Å²) in [7, 11) is 1.29. The molecule has 6 heteroatoms. The molecule has 3 heterocycles. The van der Waals surface area contributed by atoms with Gasteiger partial charge in [0, 0.05) is 12.4 Å². The van der Waals surface area contributed by atoms with Crippen LogP contribution < -0.4 is 10.4 Å². The molecule has 0 radical (unpaired) electrons. The summed E-state index contributed by atoms with van der Waals surface area (Å²) in [5.74, 6) is -0.809. The van der Waals surface area contributed by atoms with Crippen LogP contribution in [-0.2, 0) is 9.53 Å². The van der Waals surface area contributed by atoms with Crippen molar-refractivity contribution in [2.75, 3.05) is 7.11 Å². The maximum atomic E-state index is 12.5. The lowest BCUT2D eigenvalue weighted by Gasteiger charge is -2.16. The first-order valence-electron chi connectivity index (χ1n) is 7.41. The number of carbonyl (C=O) groups is 1. The highest BCUT2D eigenvalue weighted by Gasteiger charge is 2.44. The molecule has 0 unspecified atom stereocenters. The molecule has 0 amide bonds. The van der Waals surface area contributed by atoms with Gasteiger partial charge in [-0.3, -0.25) is 4.98 Å². The molecule has 0 saturated carbocycles. The number of nitrogens with zero attached hydrogens (tertiary/aromatic N) is 1. The van der Waals surface area contributed by atoms with Crippen LogP contribution in [0.3, 0.4) is 0 Å². The minimum absolute atomic E-state index is 0.317. The molecule has 0 spiro atoms. The van der Waals surface area contributed by atoms with Crippen molar-refractivity contribution in [2.45, 2.75) is 12.0 Å². The summed E-state index contributed by atoms with van der Waals surface area (Å²) in [5, 5.41) is 0.646. The van der Waals surface area contributed by atoms with Gasteiger partial charge >= 0.3 is 11.6 Å². The molecular weight excluding hydrogens is 310 g/mol. The first kappa shape index (κ1) is 14.4. The Morgan fingerprint density at radius 3 is 2.79 bits per heavy atom. The molecule has 3 aromatic rings. The lowest BCUT2D eigenvalue weighted by molar-refractivity contribution is -0.148. The van der Waals surface area contributed by atoms with Crippen LogP contribution in [0.25, 0.3) is 11.0 Å². The van der Waals surface area contributed by atoms with Crippen molar-refractivity contribution in [3.8, 4) is 5.75 Å². The minimum Gasteiger partial charge on any atom is -0.476 e. The Morgan fingerprint density at radius 2 is 2.04 bits per heavy atom. The van der Waals surface area contributed by atoms with Gasteiger partial charge in [0.25, 0.3) is 0 Å². The molecule has 0 bridgehead atoms. The second-order valence-corrected chi connectivity index (χ2v) is 5.45. The second kappa shape index (κ2) is 5.49. The lowest BCUT2D eigenvalue weighted by atomic mass is 9.89. The molecule has 24 heavy (non-hydrogen) atoms. The molecule has 2 atom stereocenters. The molecule has 6 nitrogen and oxygen atoms in total. The van der Waals surface area contributed by atoms with E-state index >= 15 is 0 Å². The summed E-state index contributed by atoms with van der Waals surface area (Å²) in [6.07, 6.45) is 2.27. The van der Waals surface area contributed by atoms with Crippen molar-refractivity contribution in [3.63, 3.8) is 0 Å². The monoisotopic (exact) mass is 323 g/mol. The van der Waals surface area contributed by atoms with Gasteiger partial charge < -0.3 is 13.9 Å². The third-order valence-corrected chi connectivity index (χ3v) is 4.13. The number of rotatable bonds is 2. The normalized spacial score (nSPS) is 18.9. The molecule has 120 valence electrons. The van der Waals surface area contributed by atoms with Crippen LogP contribution >= 0.6 is 0 Å². The number of pyridine rings is 1. The fourth-order valence-corrected chi connectivity index (χ4v) is 3.08. The van der Waals surface area contributed by atoms with Gasteiger partial charge in [-0.25, -0.2) is 9.59 Å². The van der Waals surface area contributed by atoms with Gasteiger partial charge in [0.2, 0.25) is 6.10 Å². The SMILES string of the molecule is COC(=O)[C@@H]1Oc2c(c(=O)oc3ccccc23)[C@@H]1c1cccnc1. The van der Waals surface area contributed by atoms with E-state index < -0.39 is 23.6 Å². The molecule has 0 aliphatic carbocycles. The Morgan fingerprint density at radius 1 is 1.21 bits per heavy atom. The largest absolute Gasteiger partial charge is 0.476 e. The van der Waals surface area contributed by atoms with Gasteiger partial charge in [0.05, 0.1) is 24.0 Å². The van der Waals surface area contributed by atoms with E-state index in [-0.39, 0.29) is 0 Å². The maximum absolute atomic E-state index is 12.5. The van der Waals surface area contributed by atoms with Crippen molar-refractivity contribution in [2.24, 2.45) is 0 Å². The predicted octanol–water partition coefficient (Wildman–Crippen LogP) is 2.25. The molecule has 1 aliphatic heterocycles. The zero-order valence-electron chi connectivity index (χ0n) is 12.8. The molecule has 0 fully saturated rings. The van der Waals surface area contributed by atoms with Crippen LogP contribution in [0.5, 0.6) is 5.75 Å². The number of ether oxygens (including phenoxy) is 2. The Kier molecular flexibility index (Phi) is 3.30. The fourth-order valence-electron chi connectivity index (χ4n) is 3.08. The Hall–Kier alpha value is -3.15. The topological polar surface area (TPSA) is 78.6 Å². The third kappa shape index (κ3) is 2.07. The van der Waals surface area contributed by atoms with Gasteiger partial charge in [0.15, 0.2) is 0 Å². The molecule has 0 saturated heterocycles. The second-order valence-electron chi connectivity index (χ2n) is 5.45. The Bertz CT molecular complexity index is 980.